The van der Waals surface area contributed by atoms with Crippen molar-refractivity contribution < 1.29 is 9.90 Å². The molecule has 2 heteroatoms. The van der Waals surface area contributed by atoms with Gasteiger partial charge in [0.25, 0.3) is 0 Å². The maximum Gasteiger partial charge on any atom is 0.306 e. The van der Waals surface area contributed by atoms with Crippen molar-refractivity contribution in [2.75, 3.05) is 0 Å². The van der Waals surface area contributed by atoms with Crippen LogP contribution in [-0.4, -0.2) is 11.1 Å². The van der Waals surface area contributed by atoms with Crippen LogP contribution in [0.2, 0.25) is 0 Å². The van der Waals surface area contributed by atoms with E-state index in [0.29, 0.717) is 17.8 Å². The van der Waals surface area contributed by atoms with Crippen LogP contribution >= 0.6 is 0 Å². The van der Waals surface area contributed by atoms with Crippen molar-refractivity contribution in [3.63, 3.8) is 0 Å². The van der Waals surface area contributed by atoms with E-state index in [2.05, 4.69) is 13.8 Å². The van der Waals surface area contributed by atoms with Crippen LogP contribution in [0.4, 0.5) is 0 Å². The summed E-state index contributed by atoms with van der Waals surface area (Å²) in [5, 5.41) is 8.91. The monoisotopic (exact) mass is 168 g/mol. The largest absolute Gasteiger partial charge is 0.481 e. The highest BCUT2D eigenvalue weighted by Gasteiger charge is 2.57. The number of carbonyl (C=O) groups is 1. The Kier molecular flexibility index (Phi) is 1.67. The Hall–Kier alpha value is -0.530. The van der Waals surface area contributed by atoms with E-state index in [1.165, 1.54) is 6.42 Å². The zero-order valence-electron chi connectivity index (χ0n) is 7.66. The van der Waals surface area contributed by atoms with Crippen LogP contribution in [0.3, 0.4) is 0 Å². The molecule has 0 aromatic rings. The molecule has 1 N–H and O–H groups in total. The van der Waals surface area contributed by atoms with Gasteiger partial charge in [-0.1, -0.05) is 13.8 Å². The predicted octanol–water partition coefficient (Wildman–Crippen LogP) is 2.00. The summed E-state index contributed by atoms with van der Waals surface area (Å²) in [7, 11) is 0. The van der Waals surface area contributed by atoms with Gasteiger partial charge < -0.3 is 5.11 Å². The molecule has 2 aliphatic carbocycles. The summed E-state index contributed by atoms with van der Waals surface area (Å²) in [6, 6.07) is 0. The fourth-order valence-electron chi connectivity index (χ4n) is 2.88. The van der Waals surface area contributed by atoms with Crippen LogP contribution in [0.1, 0.15) is 26.7 Å². The molecule has 4 atom stereocenters. The molecule has 0 aromatic carbocycles. The molecule has 4 unspecified atom stereocenters. The van der Waals surface area contributed by atoms with E-state index >= 15 is 0 Å². The molecule has 2 rings (SSSR count). The van der Waals surface area contributed by atoms with Crippen LogP contribution < -0.4 is 0 Å². The van der Waals surface area contributed by atoms with Gasteiger partial charge in [0.2, 0.25) is 0 Å². The number of rotatable bonds is 2. The van der Waals surface area contributed by atoms with E-state index in [1.54, 1.807) is 0 Å². The van der Waals surface area contributed by atoms with E-state index in [1.807, 2.05) is 0 Å². The first-order valence-corrected chi connectivity index (χ1v) is 4.84. The third-order valence-electron chi connectivity index (χ3n) is 3.66. The summed E-state index contributed by atoms with van der Waals surface area (Å²) in [6.45, 7) is 4.43. The fourth-order valence-corrected chi connectivity index (χ4v) is 2.88. The first-order chi connectivity index (χ1) is 5.61. The van der Waals surface area contributed by atoms with Crippen molar-refractivity contribution in [1.29, 1.82) is 0 Å². The molecular formula is C10H16O2. The smallest absolute Gasteiger partial charge is 0.306 e. The van der Waals surface area contributed by atoms with Crippen LogP contribution in [0.15, 0.2) is 0 Å². The molecule has 12 heavy (non-hydrogen) atoms. The highest BCUT2D eigenvalue weighted by molar-refractivity contribution is 5.71. The van der Waals surface area contributed by atoms with Crippen molar-refractivity contribution in [2.24, 2.45) is 29.6 Å². The Morgan fingerprint density at radius 3 is 2.33 bits per heavy atom. The van der Waals surface area contributed by atoms with E-state index in [-0.39, 0.29) is 5.92 Å². The normalized spacial score (nSPS) is 44.6. The van der Waals surface area contributed by atoms with Gasteiger partial charge in [0.15, 0.2) is 0 Å². The SMILES string of the molecule is CC(C)C1CC(C(=O)O)C2CC12. The molecule has 2 fully saturated rings. The lowest BCUT2D eigenvalue weighted by Gasteiger charge is -2.17. The van der Waals surface area contributed by atoms with Crippen molar-refractivity contribution in [3.8, 4) is 0 Å². The number of aliphatic carboxylic acids is 1. The number of hydrogen-bond donors (Lipinski definition) is 1. The van der Waals surface area contributed by atoms with Gasteiger partial charge in [-0.2, -0.15) is 0 Å². The van der Waals surface area contributed by atoms with E-state index in [0.717, 1.165) is 12.3 Å². The van der Waals surface area contributed by atoms with E-state index in [4.69, 9.17) is 5.11 Å². The molecule has 0 aromatic heterocycles. The molecule has 0 bridgehead atoms. The summed E-state index contributed by atoms with van der Waals surface area (Å²) in [5.74, 6) is 2.08. The Labute approximate surface area is 73.0 Å². The highest BCUT2D eigenvalue weighted by Crippen LogP contribution is 2.60. The molecule has 2 nitrogen and oxygen atoms in total. The predicted molar refractivity (Wildman–Crippen MR) is 45.7 cm³/mol. The molecule has 0 amide bonds. The maximum absolute atomic E-state index is 10.8. The number of fused-ring (bicyclic) bond motifs is 1. The summed E-state index contributed by atoms with van der Waals surface area (Å²) >= 11 is 0. The molecule has 0 heterocycles. The van der Waals surface area contributed by atoms with Crippen molar-refractivity contribution in [1.82, 2.24) is 0 Å². The van der Waals surface area contributed by atoms with E-state index < -0.39 is 5.97 Å². The van der Waals surface area contributed by atoms with E-state index in [9.17, 15) is 4.79 Å². The lowest BCUT2D eigenvalue weighted by molar-refractivity contribution is -0.142. The highest BCUT2D eigenvalue weighted by atomic mass is 16.4. The van der Waals surface area contributed by atoms with Crippen molar-refractivity contribution in [2.45, 2.75) is 26.7 Å². The van der Waals surface area contributed by atoms with Gasteiger partial charge in [-0.3, -0.25) is 4.79 Å². The Balaban J connectivity index is 2.04. The summed E-state index contributed by atoms with van der Waals surface area (Å²) in [5.41, 5.74) is 0. The quantitative estimate of drug-likeness (QED) is 0.684. The summed E-state index contributed by atoms with van der Waals surface area (Å²) < 4.78 is 0. The second-order valence-electron chi connectivity index (χ2n) is 4.65. The minimum atomic E-state index is -0.564. The zero-order chi connectivity index (χ0) is 8.88. The molecule has 68 valence electrons. The second kappa shape index (κ2) is 2.48. The standard InChI is InChI=1S/C10H16O2/c1-5(2)6-3-9(10(11)12)8-4-7(6)8/h5-9H,3-4H2,1-2H3,(H,11,12). The van der Waals surface area contributed by atoms with Crippen LogP contribution in [0.5, 0.6) is 0 Å². The topological polar surface area (TPSA) is 37.3 Å². The maximum atomic E-state index is 10.8. The van der Waals surface area contributed by atoms with Gasteiger partial charge in [0.05, 0.1) is 5.92 Å². The minimum absolute atomic E-state index is 0.0117. The third kappa shape index (κ3) is 1.05. The number of carboxylic acid groups (broad SMARTS) is 1. The lowest BCUT2D eigenvalue weighted by Crippen LogP contribution is -2.16. The van der Waals surface area contributed by atoms with Crippen LogP contribution in [0, 0.1) is 29.6 Å². The fraction of sp³-hybridized carbons (Fsp3) is 0.900. The second-order valence-corrected chi connectivity index (χ2v) is 4.65. The lowest BCUT2D eigenvalue weighted by atomic mass is 9.88. The zero-order valence-corrected chi connectivity index (χ0v) is 7.66. The Morgan fingerprint density at radius 1 is 1.33 bits per heavy atom. The molecule has 0 spiro atoms. The molecule has 0 radical (unpaired) electrons. The molecule has 2 saturated carbocycles. The van der Waals surface area contributed by atoms with Crippen LogP contribution in [-0.2, 0) is 4.79 Å². The summed E-state index contributed by atoms with van der Waals surface area (Å²) in [4.78, 5) is 10.8. The summed E-state index contributed by atoms with van der Waals surface area (Å²) in [6.07, 6.45) is 2.11. The average molecular weight is 168 g/mol. The molecule has 2 aliphatic rings. The Morgan fingerprint density at radius 2 is 2.00 bits per heavy atom. The van der Waals surface area contributed by atoms with Gasteiger partial charge in [0, 0.05) is 0 Å². The molecule has 0 saturated heterocycles. The average Bonchev–Trinajstić information content (AvgIpc) is 2.63. The Bertz CT molecular complexity index is 210. The molecule has 0 aliphatic heterocycles. The van der Waals surface area contributed by atoms with Gasteiger partial charge in [-0.25, -0.2) is 0 Å². The first kappa shape index (κ1) is 8.09. The minimum Gasteiger partial charge on any atom is -0.481 e. The molecular weight excluding hydrogens is 152 g/mol. The van der Waals surface area contributed by atoms with Crippen molar-refractivity contribution >= 4 is 5.97 Å². The van der Waals surface area contributed by atoms with Crippen LogP contribution in [0.25, 0.3) is 0 Å². The number of carboxylic acids is 1. The first-order valence-electron chi connectivity index (χ1n) is 4.84. The van der Waals surface area contributed by atoms with Gasteiger partial charge in [-0.05, 0) is 36.5 Å². The van der Waals surface area contributed by atoms with Gasteiger partial charge >= 0.3 is 5.97 Å². The van der Waals surface area contributed by atoms with Crippen molar-refractivity contribution in [3.05, 3.63) is 0 Å². The van der Waals surface area contributed by atoms with Gasteiger partial charge in [0.1, 0.15) is 0 Å². The third-order valence-corrected chi connectivity index (χ3v) is 3.66. The number of hydrogen-bond acceptors (Lipinski definition) is 1. The van der Waals surface area contributed by atoms with Gasteiger partial charge in [-0.15, -0.1) is 0 Å².